The third-order valence-electron chi connectivity index (χ3n) is 6.16. The monoisotopic (exact) mass is 498 g/mol. The molecule has 0 aliphatic carbocycles. The first-order valence-electron chi connectivity index (χ1n) is 11.9. The second kappa shape index (κ2) is 9.59. The van der Waals surface area contributed by atoms with E-state index in [9.17, 15) is 14.7 Å². The van der Waals surface area contributed by atoms with Crippen LogP contribution in [0.5, 0.6) is 5.75 Å². The fourth-order valence-electron chi connectivity index (χ4n) is 4.33. The predicted octanol–water partition coefficient (Wildman–Crippen LogP) is 6.33. The van der Waals surface area contributed by atoms with E-state index in [4.69, 9.17) is 4.74 Å². The lowest BCUT2D eigenvalue weighted by molar-refractivity contribution is -0.132. The Morgan fingerprint density at radius 2 is 1.78 bits per heavy atom. The molecule has 1 aromatic heterocycles. The number of aliphatic hydroxyl groups excluding tert-OH is 1. The Bertz CT molecular complexity index is 1500. The minimum absolute atomic E-state index is 0.0342. The SMILES string of the molecule is CCCOc1cccc(C(O)=C2C(=O)C(=O)N(c3nc4ccc(C)cc4s3)C2c2ccc(C)cc2)c1. The van der Waals surface area contributed by atoms with Crippen LogP contribution in [0.25, 0.3) is 16.0 Å². The Labute approximate surface area is 213 Å². The van der Waals surface area contributed by atoms with Crippen LogP contribution in [0.15, 0.2) is 72.3 Å². The van der Waals surface area contributed by atoms with Crippen molar-refractivity contribution in [2.24, 2.45) is 0 Å². The molecule has 1 atom stereocenters. The van der Waals surface area contributed by atoms with Crippen molar-refractivity contribution in [3.05, 3.63) is 94.6 Å². The van der Waals surface area contributed by atoms with Crippen molar-refractivity contribution in [3.8, 4) is 5.75 Å². The van der Waals surface area contributed by atoms with Crippen LogP contribution in [0.2, 0.25) is 0 Å². The van der Waals surface area contributed by atoms with Crippen molar-refractivity contribution in [1.82, 2.24) is 4.98 Å². The first-order chi connectivity index (χ1) is 17.4. The van der Waals surface area contributed by atoms with Crippen LogP contribution in [0, 0.1) is 13.8 Å². The number of thiazole rings is 1. The lowest BCUT2D eigenvalue weighted by atomic mass is 9.95. The number of rotatable bonds is 6. The summed E-state index contributed by atoms with van der Waals surface area (Å²) in [5.41, 5.74) is 4.05. The van der Waals surface area contributed by atoms with Gasteiger partial charge in [-0.15, -0.1) is 0 Å². The Balaban J connectivity index is 1.68. The number of hydrogen-bond donors (Lipinski definition) is 1. The molecule has 1 fully saturated rings. The minimum atomic E-state index is -0.813. The number of hydrogen-bond acceptors (Lipinski definition) is 6. The normalized spacial score (nSPS) is 17.2. The van der Waals surface area contributed by atoms with Gasteiger partial charge in [0.15, 0.2) is 5.13 Å². The molecule has 0 bridgehead atoms. The van der Waals surface area contributed by atoms with Crippen LogP contribution in [0.4, 0.5) is 5.13 Å². The van der Waals surface area contributed by atoms with E-state index in [1.54, 1.807) is 24.3 Å². The minimum Gasteiger partial charge on any atom is -0.507 e. The number of nitrogens with zero attached hydrogens (tertiary/aromatic N) is 2. The van der Waals surface area contributed by atoms with Gasteiger partial charge in [-0.2, -0.15) is 0 Å². The lowest BCUT2D eigenvalue weighted by Gasteiger charge is -2.23. The van der Waals surface area contributed by atoms with Gasteiger partial charge < -0.3 is 9.84 Å². The maximum Gasteiger partial charge on any atom is 0.301 e. The molecule has 0 radical (unpaired) electrons. The molecule has 4 aromatic rings. The van der Waals surface area contributed by atoms with Crippen LogP contribution in [-0.2, 0) is 9.59 Å². The highest BCUT2D eigenvalue weighted by atomic mass is 32.1. The molecule has 1 N–H and O–H groups in total. The lowest BCUT2D eigenvalue weighted by Crippen LogP contribution is -2.29. The van der Waals surface area contributed by atoms with Gasteiger partial charge in [0.05, 0.1) is 28.4 Å². The Hall–Kier alpha value is -3.97. The predicted molar refractivity (Wildman–Crippen MR) is 143 cm³/mol. The molecule has 6 nitrogen and oxygen atoms in total. The molecule has 3 aromatic carbocycles. The summed E-state index contributed by atoms with van der Waals surface area (Å²) in [6.45, 7) is 6.51. The van der Waals surface area contributed by atoms with Gasteiger partial charge >= 0.3 is 5.91 Å². The molecule has 7 heteroatoms. The van der Waals surface area contributed by atoms with E-state index >= 15 is 0 Å². The first-order valence-corrected chi connectivity index (χ1v) is 12.7. The van der Waals surface area contributed by atoms with Crippen molar-refractivity contribution in [3.63, 3.8) is 0 Å². The Morgan fingerprint density at radius 1 is 1.03 bits per heavy atom. The Morgan fingerprint density at radius 3 is 2.53 bits per heavy atom. The van der Waals surface area contributed by atoms with Gasteiger partial charge in [0.1, 0.15) is 11.5 Å². The average molecular weight is 499 g/mol. The molecule has 182 valence electrons. The fraction of sp³-hybridized carbons (Fsp3) is 0.207. The van der Waals surface area contributed by atoms with Crippen LogP contribution in [0.1, 0.15) is 41.6 Å². The highest BCUT2D eigenvalue weighted by Crippen LogP contribution is 2.44. The van der Waals surface area contributed by atoms with Crippen LogP contribution in [-0.4, -0.2) is 28.4 Å². The van der Waals surface area contributed by atoms with Gasteiger partial charge in [-0.3, -0.25) is 14.5 Å². The number of ketones is 1. The summed E-state index contributed by atoms with van der Waals surface area (Å²) in [6, 6.07) is 19.6. The van der Waals surface area contributed by atoms with E-state index < -0.39 is 17.7 Å². The van der Waals surface area contributed by atoms with Crippen LogP contribution < -0.4 is 9.64 Å². The maximum atomic E-state index is 13.4. The van der Waals surface area contributed by atoms with Crippen molar-refractivity contribution in [2.45, 2.75) is 33.2 Å². The number of benzene rings is 3. The number of carbonyl (C=O) groups excluding carboxylic acids is 2. The molecular formula is C29H26N2O4S. The number of ether oxygens (including phenoxy) is 1. The zero-order valence-electron chi connectivity index (χ0n) is 20.3. The van der Waals surface area contributed by atoms with Gasteiger partial charge in [-0.1, -0.05) is 66.3 Å². The molecule has 0 saturated carbocycles. The number of carbonyl (C=O) groups is 2. The highest BCUT2D eigenvalue weighted by molar-refractivity contribution is 7.22. The summed E-state index contributed by atoms with van der Waals surface area (Å²) < 4.78 is 6.64. The molecule has 1 aliphatic rings. The van der Waals surface area contributed by atoms with Crippen LogP contribution in [0.3, 0.4) is 0 Å². The third kappa shape index (κ3) is 4.27. The van der Waals surface area contributed by atoms with E-state index in [0.29, 0.717) is 23.1 Å². The zero-order chi connectivity index (χ0) is 25.4. The molecule has 1 amide bonds. The molecule has 5 rings (SSSR count). The van der Waals surface area contributed by atoms with Crippen molar-refractivity contribution >= 4 is 44.1 Å². The number of anilines is 1. The topological polar surface area (TPSA) is 79.7 Å². The number of aryl methyl sites for hydroxylation is 2. The van der Waals surface area contributed by atoms with Gasteiger partial charge in [0.25, 0.3) is 5.78 Å². The highest BCUT2D eigenvalue weighted by Gasteiger charge is 2.48. The summed E-state index contributed by atoms with van der Waals surface area (Å²) in [5, 5.41) is 11.8. The fourth-order valence-corrected chi connectivity index (χ4v) is 5.42. The molecule has 1 saturated heterocycles. The molecule has 1 unspecified atom stereocenters. The molecule has 1 aliphatic heterocycles. The van der Waals surface area contributed by atoms with Gasteiger partial charge in [-0.25, -0.2) is 4.98 Å². The van der Waals surface area contributed by atoms with E-state index in [1.807, 2.05) is 63.2 Å². The first kappa shape index (κ1) is 23.8. The third-order valence-corrected chi connectivity index (χ3v) is 7.17. The number of aliphatic hydroxyl groups is 1. The van der Waals surface area contributed by atoms with Gasteiger partial charge in [0.2, 0.25) is 0 Å². The second-order valence-corrected chi connectivity index (χ2v) is 9.93. The van der Waals surface area contributed by atoms with E-state index in [1.165, 1.54) is 16.2 Å². The van der Waals surface area contributed by atoms with Gasteiger partial charge in [-0.05, 0) is 55.7 Å². The van der Waals surface area contributed by atoms with E-state index in [0.717, 1.165) is 33.3 Å². The molecule has 2 heterocycles. The summed E-state index contributed by atoms with van der Waals surface area (Å²) in [7, 11) is 0. The quantitative estimate of drug-likeness (QED) is 0.191. The van der Waals surface area contributed by atoms with Crippen molar-refractivity contribution in [2.75, 3.05) is 11.5 Å². The van der Waals surface area contributed by atoms with Crippen LogP contribution >= 0.6 is 11.3 Å². The molecule has 0 spiro atoms. The standard InChI is InChI=1S/C29H26N2O4S/c1-4-14-35-21-7-5-6-20(16-21)26(32)24-25(19-11-8-17(2)9-12-19)31(28(34)27(24)33)29-30-22-13-10-18(3)15-23(22)36-29/h5-13,15-16,25,32H,4,14H2,1-3H3. The maximum absolute atomic E-state index is 13.4. The Kier molecular flexibility index (Phi) is 6.33. The summed E-state index contributed by atoms with van der Waals surface area (Å²) >= 11 is 1.35. The van der Waals surface area contributed by atoms with Crippen molar-refractivity contribution in [1.29, 1.82) is 0 Å². The smallest absolute Gasteiger partial charge is 0.301 e. The summed E-state index contributed by atoms with van der Waals surface area (Å²) in [5.74, 6) is -1.10. The van der Waals surface area contributed by atoms with Crippen molar-refractivity contribution < 1.29 is 19.4 Å². The van der Waals surface area contributed by atoms with E-state index in [2.05, 4.69) is 4.98 Å². The van der Waals surface area contributed by atoms with E-state index in [-0.39, 0.29) is 11.3 Å². The number of fused-ring (bicyclic) bond motifs is 1. The molecule has 36 heavy (non-hydrogen) atoms. The summed E-state index contributed by atoms with van der Waals surface area (Å²) in [6.07, 6.45) is 0.844. The average Bonchev–Trinajstić information content (AvgIpc) is 3.40. The van der Waals surface area contributed by atoms with Gasteiger partial charge in [0, 0.05) is 5.56 Å². The summed E-state index contributed by atoms with van der Waals surface area (Å²) in [4.78, 5) is 32.9. The molecular weight excluding hydrogens is 472 g/mol. The number of Topliss-reactive ketones (excluding diaryl/α,β-unsaturated/α-hetero) is 1. The second-order valence-electron chi connectivity index (χ2n) is 8.92. The number of amides is 1. The zero-order valence-corrected chi connectivity index (χ0v) is 21.1. The number of aromatic nitrogens is 1. The largest absolute Gasteiger partial charge is 0.507 e.